The first-order valence-electron chi connectivity index (χ1n) is 9.47. The summed E-state index contributed by atoms with van der Waals surface area (Å²) in [4.78, 5) is 4.85. The lowest BCUT2D eigenvalue weighted by Gasteiger charge is -2.27. The molecule has 0 unspecified atom stereocenters. The third kappa shape index (κ3) is 6.94. The first-order valence-corrected chi connectivity index (χ1v) is 9.47. The molecule has 2 rings (SSSR count). The van der Waals surface area contributed by atoms with Gasteiger partial charge in [-0.2, -0.15) is 0 Å². The maximum absolute atomic E-state index is 5.72. The maximum Gasteiger partial charge on any atom is 0.191 e. The highest BCUT2D eigenvalue weighted by atomic mass is 16.5. The molecule has 0 bridgehead atoms. The number of ether oxygens (including phenoxy) is 2. The average molecular weight is 348 g/mol. The van der Waals surface area contributed by atoms with Crippen molar-refractivity contribution in [3.63, 3.8) is 0 Å². The number of nitrogens with one attached hydrogen (secondary N) is 2. The number of aliphatic imine (C=N–C) groups is 1. The van der Waals surface area contributed by atoms with Crippen LogP contribution < -0.4 is 15.4 Å². The van der Waals surface area contributed by atoms with Crippen molar-refractivity contribution in [1.82, 2.24) is 10.6 Å². The fourth-order valence-corrected chi connectivity index (χ4v) is 3.37. The Morgan fingerprint density at radius 2 is 1.88 bits per heavy atom. The summed E-state index contributed by atoms with van der Waals surface area (Å²) in [6, 6.07) is 9.89. The van der Waals surface area contributed by atoms with Crippen molar-refractivity contribution in [2.75, 3.05) is 40.0 Å². The first-order chi connectivity index (χ1) is 12.3. The second kappa shape index (κ2) is 11.0. The maximum atomic E-state index is 5.72. The van der Waals surface area contributed by atoms with E-state index in [1.807, 2.05) is 30.3 Å². The normalized spacial score (nSPS) is 16.6. The van der Waals surface area contributed by atoms with Gasteiger partial charge in [0, 0.05) is 26.8 Å². The van der Waals surface area contributed by atoms with Crippen LogP contribution in [0.3, 0.4) is 0 Å². The molecule has 1 aromatic rings. The zero-order valence-corrected chi connectivity index (χ0v) is 15.7. The number of hydrogen-bond acceptors (Lipinski definition) is 3. The van der Waals surface area contributed by atoms with E-state index in [0.29, 0.717) is 12.0 Å². The van der Waals surface area contributed by atoms with E-state index in [2.05, 4.69) is 17.6 Å². The molecule has 0 amide bonds. The molecule has 0 saturated heterocycles. The molecule has 5 heteroatoms. The predicted molar refractivity (Wildman–Crippen MR) is 103 cm³/mol. The Morgan fingerprint density at radius 3 is 2.56 bits per heavy atom. The van der Waals surface area contributed by atoms with E-state index in [1.165, 1.54) is 25.7 Å². The summed E-state index contributed by atoms with van der Waals surface area (Å²) in [6.45, 7) is 5.98. The van der Waals surface area contributed by atoms with Crippen molar-refractivity contribution in [2.45, 2.75) is 39.0 Å². The van der Waals surface area contributed by atoms with Gasteiger partial charge in [-0.05, 0) is 43.7 Å². The van der Waals surface area contributed by atoms with Crippen molar-refractivity contribution < 1.29 is 9.47 Å². The van der Waals surface area contributed by atoms with Crippen LogP contribution in [-0.4, -0.2) is 45.9 Å². The van der Waals surface area contributed by atoms with Crippen LogP contribution in [-0.2, 0) is 4.74 Å². The second-order valence-electron chi connectivity index (χ2n) is 6.73. The number of methoxy groups -OCH3 is 1. The van der Waals surface area contributed by atoms with Crippen molar-refractivity contribution in [3.05, 3.63) is 30.3 Å². The highest BCUT2D eigenvalue weighted by Crippen LogP contribution is 2.41. The summed E-state index contributed by atoms with van der Waals surface area (Å²) >= 11 is 0. The van der Waals surface area contributed by atoms with Gasteiger partial charge in [0.1, 0.15) is 12.4 Å². The summed E-state index contributed by atoms with van der Waals surface area (Å²) in [5.74, 6) is 1.78. The van der Waals surface area contributed by atoms with Crippen LogP contribution in [0.15, 0.2) is 35.3 Å². The fraction of sp³-hybridized carbons (Fsp3) is 0.650. The zero-order valence-electron chi connectivity index (χ0n) is 15.7. The average Bonchev–Trinajstić information content (AvgIpc) is 3.11. The van der Waals surface area contributed by atoms with Gasteiger partial charge in [-0.3, -0.25) is 4.99 Å². The van der Waals surface area contributed by atoms with Crippen molar-refractivity contribution in [2.24, 2.45) is 10.4 Å². The van der Waals surface area contributed by atoms with Crippen molar-refractivity contribution in [1.29, 1.82) is 0 Å². The number of nitrogens with zero attached hydrogens (tertiary/aromatic N) is 1. The third-order valence-corrected chi connectivity index (χ3v) is 4.82. The lowest BCUT2D eigenvalue weighted by molar-refractivity contribution is 0.141. The number of para-hydroxylation sites is 1. The Kier molecular flexibility index (Phi) is 8.60. The first kappa shape index (κ1) is 19.6. The van der Waals surface area contributed by atoms with Gasteiger partial charge >= 0.3 is 0 Å². The van der Waals surface area contributed by atoms with Crippen LogP contribution in [0.4, 0.5) is 0 Å². The summed E-state index contributed by atoms with van der Waals surface area (Å²) in [5.41, 5.74) is 0.318. The van der Waals surface area contributed by atoms with Gasteiger partial charge in [-0.25, -0.2) is 0 Å². The van der Waals surface area contributed by atoms with Crippen molar-refractivity contribution in [3.8, 4) is 5.75 Å². The highest BCUT2D eigenvalue weighted by Gasteiger charge is 2.33. The van der Waals surface area contributed by atoms with Crippen LogP contribution in [0.1, 0.15) is 39.0 Å². The second-order valence-corrected chi connectivity index (χ2v) is 6.73. The van der Waals surface area contributed by atoms with Crippen LogP contribution in [0.5, 0.6) is 5.75 Å². The quantitative estimate of drug-likeness (QED) is 0.388. The van der Waals surface area contributed by atoms with Crippen LogP contribution >= 0.6 is 0 Å². The van der Waals surface area contributed by atoms with E-state index >= 15 is 0 Å². The minimum absolute atomic E-state index is 0.318. The summed E-state index contributed by atoms with van der Waals surface area (Å²) in [5, 5.41) is 6.70. The largest absolute Gasteiger partial charge is 0.492 e. The van der Waals surface area contributed by atoms with Gasteiger partial charge in [0.25, 0.3) is 0 Å². The lowest BCUT2D eigenvalue weighted by Crippen LogP contribution is -2.40. The Labute approximate surface area is 152 Å². The number of hydrogen-bond donors (Lipinski definition) is 2. The Bertz CT molecular complexity index is 499. The molecule has 140 valence electrons. The molecule has 0 aliphatic heterocycles. The molecule has 1 fully saturated rings. The highest BCUT2D eigenvalue weighted by molar-refractivity contribution is 5.79. The van der Waals surface area contributed by atoms with E-state index in [9.17, 15) is 0 Å². The topological polar surface area (TPSA) is 54.9 Å². The Morgan fingerprint density at radius 1 is 1.12 bits per heavy atom. The van der Waals surface area contributed by atoms with E-state index in [1.54, 1.807) is 7.11 Å². The number of rotatable bonds is 10. The van der Waals surface area contributed by atoms with Gasteiger partial charge < -0.3 is 20.1 Å². The van der Waals surface area contributed by atoms with Gasteiger partial charge in [0.05, 0.1) is 6.54 Å². The SMILES string of the molecule is CCNC(=NCC1(CCOC)CCCC1)NCCOc1ccccc1. The molecule has 1 saturated carbocycles. The third-order valence-electron chi connectivity index (χ3n) is 4.82. The monoisotopic (exact) mass is 347 g/mol. The fourth-order valence-electron chi connectivity index (χ4n) is 3.37. The minimum atomic E-state index is 0.318. The Hall–Kier alpha value is -1.75. The van der Waals surface area contributed by atoms with E-state index in [-0.39, 0.29) is 0 Å². The Balaban J connectivity index is 1.80. The molecule has 0 atom stereocenters. The smallest absolute Gasteiger partial charge is 0.191 e. The molecule has 1 aromatic carbocycles. The zero-order chi connectivity index (χ0) is 17.8. The molecule has 0 spiro atoms. The van der Waals surface area contributed by atoms with Gasteiger partial charge in [-0.15, -0.1) is 0 Å². The molecule has 0 radical (unpaired) electrons. The summed E-state index contributed by atoms with van der Waals surface area (Å²) < 4.78 is 11.0. The molecular formula is C20H33N3O2. The molecular weight excluding hydrogens is 314 g/mol. The van der Waals surface area contributed by atoms with E-state index < -0.39 is 0 Å². The molecule has 0 aromatic heterocycles. The van der Waals surface area contributed by atoms with E-state index in [0.717, 1.165) is 44.4 Å². The number of guanidine groups is 1. The molecule has 25 heavy (non-hydrogen) atoms. The molecule has 1 aliphatic carbocycles. The van der Waals surface area contributed by atoms with Gasteiger partial charge in [0.2, 0.25) is 0 Å². The number of benzene rings is 1. The van der Waals surface area contributed by atoms with Gasteiger partial charge in [-0.1, -0.05) is 31.0 Å². The van der Waals surface area contributed by atoms with E-state index in [4.69, 9.17) is 14.5 Å². The van der Waals surface area contributed by atoms with Crippen LogP contribution in [0, 0.1) is 5.41 Å². The van der Waals surface area contributed by atoms with Crippen LogP contribution in [0.25, 0.3) is 0 Å². The van der Waals surface area contributed by atoms with Gasteiger partial charge in [0.15, 0.2) is 5.96 Å². The van der Waals surface area contributed by atoms with Crippen molar-refractivity contribution >= 4 is 5.96 Å². The molecule has 1 aliphatic rings. The van der Waals surface area contributed by atoms with Crippen LogP contribution in [0.2, 0.25) is 0 Å². The summed E-state index contributed by atoms with van der Waals surface area (Å²) in [6.07, 6.45) is 6.25. The molecule has 0 heterocycles. The minimum Gasteiger partial charge on any atom is -0.492 e. The standard InChI is InChI=1S/C20H33N3O2/c1-3-21-19(22-14-16-25-18-9-5-4-6-10-18)23-17-20(13-15-24-2)11-7-8-12-20/h4-6,9-10H,3,7-8,11-17H2,1-2H3,(H2,21,22,23). The summed E-state index contributed by atoms with van der Waals surface area (Å²) in [7, 11) is 1.78. The predicted octanol–water partition coefficient (Wildman–Crippen LogP) is 3.22. The molecule has 2 N–H and O–H groups in total. The lowest BCUT2D eigenvalue weighted by atomic mass is 9.83. The molecule has 5 nitrogen and oxygen atoms in total.